The molecule has 7 heteroatoms. The van der Waals surface area contributed by atoms with Crippen molar-refractivity contribution in [2.45, 2.75) is 38.2 Å². The van der Waals surface area contributed by atoms with Crippen molar-refractivity contribution in [3.63, 3.8) is 0 Å². The molecule has 0 aromatic heterocycles. The number of hydrogen-bond donors (Lipinski definition) is 2. The SMILES string of the molecule is CN(C(=O)OCc1ccccc1)c1c(OCc2ccccc2)ccc2c1CC[C@H](N)[C@H]2O.Cl. The van der Waals surface area contributed by atoms with Gasteiger partial charge >= 0.3 is 6.09 Å². The smallest absolute Gasteiger partial charge is 0.414 e. The number of fused-ring (bicyclic) bond motifs is 1. The monoisotopic (exact) mass is 468 g/mol. The zero-order chi connectivity index (χ0) is 22.5. The molecule has 0 aliphatic heterocycles. The first kappa shape index (κ1) is 24.6. The lowest BCUT2D eigenvalue weighted by Crippen LogP contribution is -2.35. The minimum absolute atomic E-state index is 0. The number of nitrogens with two attached hydrogens (primary N) is 1. The summed E-state index contributed by atoms with van der Waals surface area (Å²) in [7, 11) is 1.67. The number of halogens is 1. The van der Waals surface area contributed by atoms with Gasteiger partial charge in [0.25, 0.3) is 0 Å². The van der Waals surface area contributed by atoms with Gasteiger partial charge in [0.2, 0.25) is 0 Å². The van der Waals surface area contributed by atoms with E-state index in [1.165, 1.54) is 4.90 Å². The number of amides is 1. The largest absolute Gasteiger partial charge is 0.487 e. The van der Waals surface area contributed by atoms with E-state index >= 15 is 0 Å². The number of nitrogens with zero attached hydrogens (tertiary/aromatic N) is 1. The van der Waals surface area contributed by atoms with Gasteiger partial charge in [-0.05, 0) is 41.2 Å². The number of carbonyl (C=O) groups is 1. The van der Waals surface area contributed by atoms with Crippen molar-refractivity contribution in [2.75, 3.05) is 11.9 Å². The number of carbonyl (C=O) groups excluding carboxylic acids is 1. The molecule has 0 fully saturated rings. The standard InChI is InChI=1S/C26H28N2O4.ClH/c1-28(26(30)32-17-19-10-6-3-7-11-19)24-20-12-14-22(27)25(29)21(20)13-15-23(24)31-16-18-8-4-2-5-9-18;/h2-11,13,15,22,25,29H,12,14,16-17,27H2,1H3;1H/t22-,25-;/m0./s1. The summed E-state index contributed by atoms with van der Waals surface area (Å²) in [5.74, 6) is 0.564. The van der Waals surface area contributed by atoms with Crippen LogP contribution in [0.4, 0.5) is 10.5 Å². The minimum Gasteiger partial charge on any atom is -0.487 e. The van der Waals surface area contributed by atoms with E-state index in [1.807, 2.05) is 66.7 Å². The van der Waals surface area contributed by atoms with Gasteiger partial charge in [-0.1, -0.05) is 66.7 Å². The molecular weight excluding hydrogens is 440 g/mol. The third-order valence-electron chi connectivity index (χ3n) is 5.79. The fourth-order valence-corrected chi connectivity index (χ4v) is 4.00. The van der Waals surface area contributed by atoms with E-state index in [0.29, 0.717) is 30.9 Å². The Balaban J connectivity index is 0.00000306. The number of aliphatic hydroxyl groups excluding tert-OH is 1. The summed E-state index contributed by atoms with van der Waals surface area (Å²) in [5.41, 5.74) is 10.2. The van der Waals surface area contributed by atoms with Gasteiger partial charge in [-0.3, -0.25) is 4.90 Å². The third kappa shape index (κ3) is 5.66. The van der Waals surface area contributed by atoms with Gasteiger partial charge in [0.15, 0.2) is 0 Å². The van der Waals surface area contributed by atoms with Crippen LogP contribution in [0.15, 0.2) is 72.8 Å². The Labute approximate surface area is 200 Å². The topological polar surface area (TPSA) is 85.0 Å². The fraction of sp³-hybridized carbons (Fsp3) is 0.269. The van der Waals surface area contributed by atoms with Crippen LogP contribution < -0.4 is 15.4 Å². The van der Waals surface area contributed by atoms with Gasteiger partial charge in [0.05, 0.1) is 11.8 Å². The van der Waals surface area contributed by atoms with Crippen LogP contribution in [0, 0.1) is 0 Å². The first-order valence-corrected chi connectivity index (χ1v) is 10.7. The van der Waals surface area contributed by atoms with Crippen molar-refractivity contribution in [3.05, 3.63) is 95.1 Å². The summed E-state index contributed by atoms with van der Waals surface area (Å²) in [6, 6.07) is 22.7. The van der Waals surface area contributed by atoms with Crippen LogP contribution in [0.1, 0.15) is 34.8 Å². The number of benzene rings is 3. The van der Waals surface area contributed by atoms with Gasteiger partial charge in [0, 0.05) is 13.1 Å². The molecule has 0 spiro atoms. The molecule has 0 heterocycles. The number of ether oxygens (including phenoxy) is 2. The fourth-order valence-electron chi connectivity index (χ4n) is 4.00. The zero-order valence-electron chi connectivity index (χ0n) is 18.5. The second-order valence-corrected chi connectivity index (χ2v) is 8.00. The number of rotatable bonds is 6. The van der Waals surface area contributed by atoms with E-state index in [-0.39, 0.29) is 25.1 Å². The van der Waals surface area contributed by atoms with Gasteiger partial charge in [0.1, 0.15) is 19.0 Å². The summed E-state index contributed by atoms with van der Waals surface area (Å²) in [5, 5.41) is 10.6. The van der Waals surface area contributed by atoms with E-state index in [1.54, 1.807) is 13.1 Å². The highest BCUT2D eigenvalue weighted by molar-refractivity contribution is 5.91. The second-order valence-electron chi connectivity index (χ2n) is 8.00. The van der Waals surface area contributed by atoms with Crippen LogP contribution in [0.3, 0.4) is 0 Å². The molecule has 0 radical (unpaired) electrons. The van der Waals surface area contributed by atoms with E-state index in [0.717, 1.165) is 22.3 Å². The molecule has 174 valence electrons. The van der Waals surface area contributed by atoms with Crippen LogP contribution in [-0.2, 0) is 24.4 Å². The molecule has 0 saturated carbocycles. The van der Waals surface area contributed by atoms with Crippen molar-refractivity contribution in [3.8, 4) is 5.75 Å². The van der Waals surface area contributed by atoms with Crippen LogP contribution in [0.5, 0.6) is 5.75 Å². The highest BCUT2D eigenvalue weighted by atomic mass is 35.5. The molecule has 0 saturated heterocycles. The number of aliphatic hydroxyl groups is 1. The van der Waals surface area contributed by atoms with E-state index < -0.39 is 12.2 Å². The maximum atomic E-state index is 12.9. The second kappa shape index (κ2) is 11.2. The highest BCUT2D eigenvalue weighted by Crippen LogP contribution is 2.41. The van der Waals surface area contributed by atoms with E-state index in [2.05, 4.69) is 0 Å². The molecule has 3 aromatic rings. The average Bonchev–Trinajstić information content (AvgIpc) is 2.84. The zero-order valence-corrected chi connectivity index (χ0v) is 19.3. The van der Waals surface area contributed by atoms with Crippen LogP contribution in [-0.4, -0.2) is 24.3 Å². The van der Waals surface area contributed by atoms with Gasteiger partial charge < -0.3 is 20.3 Å². The maximum Gasteiger partial charge on any atom is 0.414 e. The molecule has 4 rings (SSSR count). The van der Waals surface area contributed by atoms with Gasteiger partial charge in [-0.15, -0.1) is 12.4 Å². The molecule has 0 bridgehead atoms. The number of anilines is 1. The lowest BCUT2D eigenvalue weighted by Gasteiger charge is -2.32. The van der Waals surface area contributed by atoms with Gasteiger partial charge in [-0.25, -0.2) is 4.79 Å². The molecule has 33 heavy (non-hydrogen) atoms. The Morgan fingerprint density at radius 3 is 2.24 bits per heavy atom. The molecule has 2 atom stereocenters. The molecular formula is C26H29ClN2O4. The predicted molar refractivity (Wildman–Crippen MR) is 131 cm³/mol. The maximum absolute atomic E-state index is 12.9. The van der Waals surface area contributed by atoms with E-state index in [9.17, 15) is 9.90 Å². The lowest BCUT2D eigenvalue weighted by atomic mass is 9.85. The van der Waals surface area contributed by atoms with Crippen molar-refractivity contribution in [2.24, 2.45) is 5.73 Å². The normalized spacial score (nSPS) is 16.8. The Bertz CT molecular complexity index is 1060. The number of hydrogen-bond acceptors (Lipinski definition) is 5. The molecule has 1 aliphatic carbocycles. The Morgan fingerprint density at radius 1 is 1.00 bits per heavy atom. The summed E-state index contributed by atoms with van der Waals surface area (Å²) < 4.78 is 11.7. The molecule has 3 N–H and O–H groups in total. The Morgan fingerprint density at radius 2 is 1.61 bits per heavy atom. The molecule has 3 aromatic carbocycles. The average molecular weight is 469 g/mol. The summed E-state index contributed by atoms with van der Waals surface area (Å²) >= 11 is 0. The van der Waals surface area contributed by atoms with Crippen molar-refractivity contribution in [1.29, 1.82) is 0 Å². The summed E-state index contributed by atoms with van der Waals surface area (Å²) in [6.45, 7) is 0.536. The molecule has 6 nitrogen and oxygen atoms in total. The quantitative estimate of drug-likeness (QED) is 0.544. The molecule has 1 amide bonds. The lowest BCUT2D eigenvalue weighted by molar-refractivity contribution is 0.133. The molecule has 1 aliphatic rings. The Hall–Kier alpha value is -3.06. The van der Waals surface area contributed by atoms with Crippen molar-refractivity contribution >= 4 is 24.2 Å². The first-order chi connectivity index (χ1) is 15.5. The molecule has 0 unspecified atom stereocenters. The Kier molecular flexibility index (Phi) is 8.33. The van der Waals surface area contributed by atoms with Crippen molar-refractivity contribution < 1.29 is 19.4 Å². The summed E-state index contributed by atoms with van der Waals surface area (Å²) in [4.78, 5) is 14.4. The van der Waals surface area contributed by atoms with Crippen LogP contribution >= 0.6 is 12.4 Å². The van der Waals surface area contributed by atoms with Gasteiger partial charge in [-0.2, -0.15) is 0 Å². The summed E-state index contributed by atoms with van der Waals surface area (Å²) in [6.07, 6.45) is -0.0108. The third-order valence-corrected chi connectivity index (χ3v) is 5.79. The predicted octanol–water partition coefficient (Wildman–Crippen LogP) is 4.77. The van der Waals surface area contributed by atoms with E-state index in [4.69, 9.17) is 15.2 Å². The van der Waals surface area contributed by atoms with Crippen LogP contribution in [0.25, 0.3) is 0 Å². The minimum atomic E-state index is -0.783. The first-order valence-electron chi connectivity index (χ1n) is 10.7. The highest BCUT2D eigenvalue weighted by Gasteiger charge is 2.31. The van der Waals surface area contributed by atoms with Crippen molar-refractivity contribution in [1.82, 2.24) is 0 Å². The van der Waals surface area contributed by atoms with Crippen LogP contribution in [0.2, 0.25) is 0 Å².